The van der Waals surface area contributed by atoms with Crippen LogP contribution in [0.2, 0.25) is 0 Å². The van der Waals surface area contributed by atoms with Gasteiger partial charge < -0.3 is 14.7 Å². The lowest BCUT2D eigenvalue weighted by atomic mass is 10.1. The maximum Gasteiger partial charge on any atom is 0.175 e. The van der Waals surface area contributed by atoms with Gasteiger partial charge in [-0.2, -0.15) is 0 Å². The van der Waals surface area contributed by atoms with Gasteiger partial charge in [0.2, 0.25) is 0 Å². The topological polar surface area (TPSA) is 40.8 Å². The summed E-state index contributed by atoms with van der Waals surface area (Å²) < 4.78 is 6.63. The van der Waals surface area contributed by atoms with E-state index in [1.54, 1.807) is 0 Å². The van der Waals surface area contributed by atoms with Gasteiger partial charge in [-0.1, -0.05) is 24.3 Å². The van der Waals surface area contributed by atoms with Crippen molar-refractivity contribution < 1.29 is 4.74 Å². The van der Waals surface area contributed by atoms with Crippen LogP contribution in [0.5, 0.6) is 11.5 Å². The highest BCUT2D eigenvalue weighted by Gasteiger charge is 2.21. The molecular weight excluding hydrogens is 256 g/mol. The van der Waals surface area contributed by atoms with Gasteiger partial charge in [-0.05, 0) is 36.5 Å². The summed E-state index contributed by atoms with van der Waals surface area (Å²) in [6.45, 7) is 0. The van der Waals surface area contributed by atoms with Crippen LogP contribution in [0, 0.1) is 4.77 Å². The lowest BCUT2D eigenvalue weighted by molar-refractivity contribution is 0.487. The molecule has 0 atom stereocenters. The second kappa shape index (κ2) is 3.83. The van der Waals surface area contributed by atoms with Crippen LogP contribution < -0.4 is 4.74 Å². The standard InChI is InChI=1S/C15H10N2OS/c19-15-16-13-9-5-1-3-7-11(9)18-12-8-4-2-6-10(12)14(13)17-15/h1-8H,(H2,16,17,19). The van der Waals surface area contributed by atoms with E-state index in [0.29, 0.717) is 4.77 Å². The van der Waals surface area contributed by atoms with Crippen molar-refractivity contribution in [1.82, 2.24) is 9.97 Å². The Morgan fingerprint density at radius 3 is 1.74 bits per heavy atom. The number of H-pyrrole nitrogens is 2. The van der Waals surface area contributed by atoms with Gasteiger partial charge in [-0.25, -0.2) is 0 Å². The Morgan fingerprint density at radius 1 is 0.737 bits per heavy atom. The highest BCUT2D eigenvalue weighted by Crippen LogP contribution is 2.44. The number of nitrogens with one attached hydrogen (secondary N) is 2. The van der Waals surface area contributed by atoms with E-state index in [1.807, 2.05) is 48.5 Å². The Labute approximate surface area is 114 Å². The molecule has 1 aliphatic rings. The van der Waals surface area contributed by atoms with Gasteiger partial charge in [0.25, 0.3) is 0 Å². The Balaban J connectivity index is 2.15. The average molecular weight is 266 g/mol. The highest BCUT2D eigenvalue weighted by molar-refractivity contribution is 7.71. The molecule has 2 heterocycles. The number of imidazole rings is 1. The van der Waals surface area contributed by atoms with Crippen molar-refractivity contribution in [2.24, 2.45) is 0 Å². The number of rotatable bonds is 0. The Morgan fingerprint density at radius 2 is 1.21 bits per heavy atom. The summed E-state index contributed by atoms with van der Waals surface area (Å²) >= 11 is 5.23. The van der Waals surface area contributed by atoms with Crippen LogP contribution >= 0.6 is 12.2 Å². The molecule has 0 aliphatic carbocycles. The molecule has 3 aromatic rings. The third-order valence-electron chi connectivity index (χ3n) is 3.26. The molecule has 1 aliphatic heterocycles. The summed E-state index contributed by atoms with van der Waals surface area (Å²) in [6, 6.07) is 15.9. The monoisotopic (exact) mass is 266 g/mol. The molecule has 0 radical (unpaired) electrons. The smallest absolute Gasteiger partial charge is 0.175 e. The van der Waals surface area contributed by atoms with Gasteiger partial charge in [-0.15, -0.1) is 0 Å². The SMILES string of the molecule is S=c1[nH]c2c([nH]1)-c1ccccc1Oc1ccccc1-2. The van der Waals surface area contributed by atoms with Crippen LogP contribution in [0.4, 0.5) is 0 Å². The van der Waals surface area contributed by atoms with E-state index in [4.69, 9.17) is 17.0 Å². The van der Waals surface area contributed by atoms with Crippen molar-refractivity contribution in [2.75, 3.05) is 0 Å². The fourth-order valence-corrected chi connectivity index (χ4v) is 2.63. The number of para-hydroxylation sites is 2. The zero-order chi connectivity index (χ0) is 12.8. The van der Waals surface area contributed by atoms with E-state index in [2.05, 4.69) is 9.97 Å². The molecule has 0 amide bonds. The van der Waals surface area contributed by atoms with Gasteiger partial charge in [0.05, 0.1) is 11.4 Å². The third-order valence-corrected chi connectivity index (χ3v) is 3.46. The van der Waals surface area contributed by atoms with Gasteiger partial charge >= 0.3 is 0 Å². The molecule has 4 rings (SSSR count). The molecule has 3 nitrogen and oxygen atoms in total. The second-order valence-corrected chi connectivity index (χ2v) is 4.83. The lowest BCUT2D eigenvalue weighted by Gasteiger charge is -2.07. The summed E-state index contributed by atoms with van der Waals surface area (Å²) in [7, 11) is 0. The van der Waals surface area contributed by atoms with Gasteiger partial charge in [-0.3, -0.25) is 0 Å². The first kappa shape index (κ1) is 10.6. The number of benzene rings is 2. The fourth-order valence-electron chi connectivity index (χ4n) is 2.43. The zero-order valence-electron chi connectivity index (χ0n) is 9.94. The minimum Gasteiger partial charge on any atom is -0.456 e. The number of aromatic amines is 2. The van der Waals surface area contributed by atoms with Crippen LogP contribution in [0.3, 0.4) is 0 Å². The van der Waals surface area contributed by atoms with E-state index >= 15 is 0 Å². The van der Waals surface area contributed by atoms with Crippen molar-refractivity contribution in [3.8, 4) is 34.0 Å². The molecule has 92 valence electrons. The first-order chi connectivity index (χ1) is 9.33. The molecule has 0 saturated heterocycles. The number of hydrogen-bond acceptors (Lipinski definition) is 2. The minimum atomic E-state index is 0.622. The van der Waals surface area contributed by atoms with Crippen LogP contribution in [0.15, 0.2) is 48.5 Å². The number of aromatic nitrogens is 2. The summed E-state index contributed by atoms with van der Waals surface area (Å²) in [6.07, 6.45) is 0. The average Bonchev–Trinajstić information content (AvgIpc) is 2.76. The third kappa shape index (κ3) is 1.54. The number of hydrogen-bond donors (Lipinski definition) is 2. The van der Waals surface area contributed by atoms with E-state index in [1.165, 1.54) is 0 Å². The van der Waals surface area contributed by atoms with Gasteiger partial charge in [0.15, 0.2) is 4.77 Å². The summed E-state index contributed by atoms with van der Waals surface area (Å²) in [5, 5.41) is 0. The number of fused-ring (bicyclic) bond motifs is 5. The van der Waals surface area contributed by atoms with E-state index in [-0.39, 0.29) is 0 Å². The first-order valence-electron chi connectivity index (χ1n) is 6.02. The summed E-state index contributed by atoms with van der Waals surface area (Å²) in [5.41, 5.74) is 3.98. The van der Waals surface area contributed by atoms with Crippen molar-refractivity contribution in [3.05, 3.63) is 53.3 Å². The molecule has 0 fully saturated rings. The van der Waals surface area contributed by atoms with Crippen molar-refractivity contribution >= 4 is 12.2 Å². The molecular formula is C15H10N2OS. The van der Waals surface area contributed by atoms with Crippen LogP contribution in [0.25, 0.3) is 22.5 Å². The molecule has 0 spiro atoms. The Kier molecular flexibility index (Phi) is 2.13. The predicted octanol–water partition coefficient (Wildman–Crippen LogP) is 4.51. The Hall–Kier alpha value is -2.33. The van der Waals surface area contributed by atoms with Crippen LogP contribution in [-0.2, 0) is 0 Å². The summed E-state index contributed by atoms with van der Waals surface area (Å²) in [4.78, 5) is 6.43. The molecule has 0 unspecified atom stereocenters. The van der Waals surface area contributed by atoms with Crippen molar-refractivity contribution in [2.45, 2.75) is 0 Å². The fraction of sp³-hybridized carbons (Fsp3) is 0. The lowest BCUT2D eigenvalue weighted by Crippen LogP contribution is -1.86. The second-order valence-electron chi connectivity index (χ2n) is 4.42. The number of ether oxygens (including phenoxy) is 1. The minimum absolute atomic E-state index is 0.622. The molecule has 2 aromatic carbocycles. The molecule has 0 saturated carbocycles. The summed E-state index contributed by atoms with van der Waals surface area (Å²) in [5.74, 6) is 1.66. The van der Waals surface area contributed by atoms with E-state index in [0.717, 1.165) is 34.0 Å². The van der Waals surface area contributed by atoms with E-state index < -0.39 is 0 Å². The molecule has 19 heavy (non-hydrogen) atoms. The van der Waals surface area contributed by atoms with Crippen LogP contribution in [0.1, 0.15) is 0 Å². The molecule has 2 N–H and O–H groups in total. The molecule has 1 aromatic heterocycles. The zero-order valence-corrected chi connectivity index (χ0v) is 10.8. The largest absolute Gasteiger partial charge is 0.456 e. The van der Waals surface area contributed by atoms with Gasteiger partial charge in [0.1, 0.15) is 11.5 Å². The quantitative estimate of drug-likeness (QED) is 0.460. The van der Waals surface area contributed by atoms with E-state index in [9.17, 15) is 0 Å². The maximum absolute atomic E-state index is 6.01. The van der Waals surface area contributed by atoms with Crippen molar-refractivity contribution in [1.29, 1.82) is 0 Å². The maximum atomic E-state index is 6.01. The molecule has 4 heteroatoms. The first-order valence-corrected chi connectivity index (χ1v) is 6.43. The van der Waals surface area contributed by atoms with Crippen molar-refractivity contribution in [3.63, 3.8) is 0 Å². The normalized spacial score (nSPS) is 11.8. The molecule has 0 bridgehead atoms. The Bertz CT molecular complexity index is 766. The highest BCUT2D eigenvalue weighted by atomic mass is 32.1. The predicted molar refractivity (Wildman–Crippen MR) is 76.9 cm³/mol. The van der Waals surface area contributed by atoms with Gasteiger partial charge in [0, 0.05) is 11.1 Å². The van der Waals surface area contributed by atoms with Crippen LogP contribution in [-0.4, -0.2) is 9.97 Å².